The quantitative estimate of drug-likeness (QED) is 0.306. The molecule has 0 spiro atoms. The molecule has 0 aliphatic carbocycles. The average Bonchev–Trinajstić information content (AvgIpc) is 1.87. The molecule has 3 N–H and O–H groups in total. The number of hydrogen-bond acceptors (Lipinski definition) is 3. The Morgan fingerprint density at radius 3 is 2.78 bits per heavy atom. The molecule has 0 saturated carbocycles. The first-order chi connectivity index (χ1) is 4.22. The molecule has 0 aromatic heterocycles. The highest BCUT2D eigenvalue weighted by molar-refractivity contribution is 5.79. The molecule has 4 nitrogen and oxygen atoms in total. The number of carbonyl (C=O) groups is 1. The molecule has 0 rings (SSSR count). The maximum Gasteiger partial charge on any atom is 0.262 e. The highest BCUT2D eigenvalue weighted by Gasteiger charge is 2.08. The molecule has 0 aromatic rings. The van der Waals surface area contributed by atoms with E-state index in [1.165, 1.54) is 0 Å². The molecule has 9 heavy (non-hydrogen) atoms. The van der Waals surface area contributed by atoms with E-state index in [-0.39, 0.29) is 5.91 Å². The van der Waals surface area contributed by atoms with E-state index >= 15 is 0 Å². The Labute approximate surface area is 54.3 Å². The number of ether oxygens (including phenoxy) is 1. The Kier molecular flexibility index (Phi) is 4.00. The molecule has 0 aromatic carbocycles. The van der Waals surface area contributed by atoms with Crippen molar-refractivity contribution in [1.82, 2.24) is 5.43 Å². The lowest BCUT2D eigenvalue weighted by atomic mass is 10.4. The van der Waals surface area contributed by atoms with Crippen LogP contribution in [0.1, 0.15) is 13.8 Å². The average molecular weight is 132 g/mol. The fourth-order valence-corrected chi connectivity index (χ4v) is 0.443. The van der Waals surface area contributed by atoms with Gasteiger partial charge < -0.3 is 4.74 Å². The first-order valence-electron chi connectivity index (χ1n) is 2.84. The summed E-state index contributed by atoms with van der Waals surface area (Å²) in [6.07, 6.45) is -0.444. The van der Waals surface area contributed by atoms with Crippen molar-refractivity contribution < 1.29 is 9.53 Å². The van der Waals surface area contributed by atoms with Gasteiger partial charge in [-0.15, -0.1) is 0 Å². The Morgan fingerprint density at radius 1 is 1.89 bits per heavy atom. The number of rotatable bonds is 3. The van der Waals surface area contributed by atoms with E-state index in [0.29, 0.717) is 6.61 Å². The van der Waals surface area contributed by atoms with Crippen molar-refractivity contribution in [2.24, 2.45) is 5.84 Å². The minimum absolute atomic E-state index is 0.295. The first-order valence-corrected chi connectivity index (χ1v) is 2.84. The van der Waals surface area contributed by atoms with Crippen LogP contribution in [0, 0.1) is 0 Å². The largest absolute Gasteiger partial charge is 0.369 e. The molecular weight excluding hydrogens is 120 g/mol. The van der Waals surface area contributed by atoms with Crippen LogP contribution in [0.15, 0.2) is 0 Å². The summed E-state index contributed by atoms with van der Waals surface area (Å²) in [4.78, 5) is 10.5. The highest BCUT2D eigenvalue weighted by atomic mass is 16.5. The SMILES string of the molecule is CCO[C@@H](C)C(=O)NN. The maximum absolute atomic E-state index is 10.5. The van der Waals surface area contributed by atoms with Gasteiger partial charge in [-0.25, -0.2) is 5.84 Å². The lowest BCUT2D eigenvalue weighted by molar-refractivity contribution is -0.131. The summed E-state index contributed by atoms with van der Waals surface area (Å²) in [7, 11) is 0. The maximum atomic E-state index is 10.5. The van der Waals surface area contributed by atoms with E-state index in [4.69, 9.17) is 10.6 Å². The van der Waals surface area contributed by atoms with Crippen LogP contribution in [0.5, 0.6) is 0 Å². The molecule has 0 aliphatic rings. The van der Waals surface area contributed by atoms with Crippen LogP contribution < -0.4 is 11.3 Å². The van der Waals surface area contributed by atoms with E-state index in [9.17, 15) is 4.79 Å². The molecule has 0 fully saturated rings. The van der Waals surface area contributed by atoms with Crippen LogP contribution in [0.25, 0.3) is 0 Å². The Balaban J connectivity index is 3.45. The van der Waals surface area contributed by atoms with Crippen LogP contribution in [0.4, 0.5) is 0 Å². The molecule has 0 bridgehead atoms. The second kappa shape index (κ2) is 4.29. The van der Waals surface area contributed by atoms with Crippen LogP contribution in [-0.4, -0.2) is 18.6 Å². The molecule has 0 aliphatic heterocycles. The van der Waals surface area contributed by atoms with E-state index in [1.54, 1.807) is 6.92 Å². The molecule has 1 amide bonds. The van der Waals surface area contributed by atoms with Gasteiger partial charge in [-0.3, -0.25) is 10.2 Å². The molecule has 4 heteroatoms. The first kappa shape index (κ1) is 8.39. The number of hydrazine groups is 1. The third kappa shape index (κ3) is 3.05. The monoisotopic (exact) mass is 132 g/mol. The second-order valence-electron chi connectivity index (χ2n) is 1.61. The van der Waals surface area contributed by atoms with Gasteiger partial charge >= 0.3 is 0 Å². The third-order valence-corrected chi connectivity index (χ3v) is 0.928. The second-order valence-corrected chi connectivity index (χ2v) is 1.61. The fraction of sp³-hybridized carbons (Fsp3) is 0.800. The van der Waals surface area contributed by atoms with E-state index in [0.717, 1.165) is 0 Å². The highest BCUT2D eigenvalue weighted by Crippen LogP contribution is 1.87. The van der Waals surface area contributed by atoms with Crippen molar-refractivity contribution in [2.45, 2.75) is 20.0 Å². The molecule has 0 unspecified atom stereocenters. The van der Waals surface area contributed by atoms with Crippen molar-refractivity contribution in [1.29, 1.82) is 0 Å². The molecule has 0 saturated heterocycles. The van der Waals surface area contributed by atoms with Crippen LogP contribution in [-0.2, 0) is 9.53 Å². The van der Waals surface area contributed by atoms with Crippen molar-refractivity contribution >= 4 is 5.91 Å². The zero-order valence-electron chi connectivity index (χ0n) is 5.68. The van der Waals surface area contributed by atoms with Crippen molar-refractivity contribution in [3.63, 3.8) is 0 Å². The minimum Gasteiger partial charge on any atom is -0.369 e. The summed E-state index contributed by atoms with van der Waals surface area (Å²) in [5.41, 5.74) is 1.99. The minimum atomic E-state index is -0.444. The summed E-state index contributed by atoms with van der Waals surface area (Å²) in [6.45, 7) is 3.99. The molecule has 54 valence electrons. The molecule has 1 atom stereocenters. The number of nitrogens with one attached hydrogen (secondary N) is 1. The van der Waals surface area contributed by atoms with Crippen molar-refractivity contribution in [2.75, 3.05) is 6.61 Å². The molecular formula is C5H12N2O2. The Hall–Kier alpha value is -0.610. The summed E-state index contributed by atoms with van der Waals surface area (Å²) >= 11 is 0. The third-order valence-electron chi connectivity index (χ3n) is 0.928. The van der Waals surface area contributed by atoms with Gasteiger partial charge in [0.2, 0.25) is 0 Å². The van der Waals surface area contributed by atoms with Crippen LogP contribution in [0.3, 0.4) is 0 Å². The van der Waals surface area contributed by atoms with Crippen molar-refractivity contribution in [3.8, 4) is 0 Å². The zero-order valence-corrected chi connectivity index (χ0v) is 5.68. The van der Waals surface area contributed by atoms with Gasteiger partial charge in [0.15, 0.2) is 0 Å². The molecule has 0 radical (unpaired) electrons. The summed E-state index contributed by atoms with van der Waals surface area (Å²) in [5, 5.41) is 0. The predicted octanol–water partition coefficient (Wildman–Crippen LogP) is -0.599. The van der Waals surface area contributed by atoms with Gasteiger partial charge in [-0.2, -0.15) is 0 Å². The Morgan fingerprint density at radius 2 is 2.44 bits per heavy atom. The van der Waals surface area contributed by atoms with Crippen LogP contribution in [0.2, 0.25) is 0 Å². The lowest BCUT2D eigenvalue weighted by Crippen LogP contribution is -2.38. The number of nitrogens with two attached hydrogens (primary N) is 1. The standard InChI is InChI=1S/C5H12N2O2/c1-3-9-4(2)5(8)7-6/h4H,3,6H2,1-2H3,(H,7,8)/t4-/m0/s1. The van der Waals surface area contributed by atoms with Gasteiger partial charge in [-0.05, 0) is 13.8 Å². The van der Waals surface area contributed by atoms with Gasteiger partial charge in [0.1, 0.15) is 6.10 Å². The summed E-state index contributed by atoms with van der Waals surface area (Å²) in [5.74, 6) is 4.53. The predicted molar refractivity (Wildman–Crippen MR) is 33.4 cm³/mol. The van der Waals surface area contributed by atoms with Crippen molar-refractivity contribution in [3.05, 3.63) is 0 Å². The van der Waals surface area contributed by atoms with Gasteiger partial charge in [-0.1, -0.05) is 0 Å². The smallest absolute Gasteiger partial charge is 0.262 e. The summed E-state index contributed by atoms with van der Waals surface area (Å²) in [6, 6.07) is 0. The van der Waals surface area contributed by atoms with E-state index in [2.05, 4.69) is 0 Å². The topological polar surface area (TPSA) is 64.3 Å². The Bertz CT molecular complexity index is 95.0. The molecule has 0 heterocycles. The van der Waals surface area contributed by atoms with E-state index < -0.39 is 6.10 Å². The van der Waals surface area contributed by atoms with Gasteiger partial charge in [0.05, 0.1) is 0 Å². The van der Waals surface area contributed by atoms with E-state index in [1.807, 2.05) is 12.3 Å². The normalized spacial score (nSPS) is 12.8. The lowest BCUT2D eigenvalue weighted by Gasteiger charge is -2.07. The van der Waals surface area contributed by atoms with Gasteiger partial charge in [0, 0.05) is 6.61 Å². The van der Waals surface area contributed by atoms with Crippen LogP contribution >= 0.6 is 0 Å². The fourth-order valence-electron chi connectivity index (χ4n) is 0.443. The van der Waals surface area contributed by atoms with Gasteiger partial charge in [0.25, 0.3) is 5.91 Å². The summed E-state index contributed by atoms with van der Waals surface area (Å²) < 4.78 is 4.90. The number of carbonyl (C=O) groups excluding carboxylic acids is 1. The number of hydrogen-bond donors (Lipinski definition) is 2. The number of amides is 1. The zero-order chi connectivity index (χ0) is 7.28.